The highest BCUT2D eigenvalue weighted by molar-refractivity contribution is 6.03. The van der Waals surface area contributed by atoms with Crippen LogP contribution in [0.1, 0.15) is 47.0 Å². The molecule has 2 aliphatic rings. The zero-order valence-electron chi connectivity index (χ0n) is 14.2. The summed E-state index contributed by atoms with van der Waals surface area (Å²) < 4.78 is 0. The van der Waals surface area contributed by atoms with E-state index in [0.29, 0.717) is 17.7 Å². The summed E-state index contributed by atoms with van der Waals surface area (Å²) in [6.07, 6.45) is 3.32. The molecule has 1 amide bonds. The fourth-order valence-corrected chi connectivity index (χ4v) is 4.50. The summed E-state index contributed by atoms with van der Waals surface area (Å²) in [4.78, 5) is 18.0. The number of benzene rings is 1. The second-order valence-electron chi connectivity index (χ2n) is 7.59. The number of rotatable bonds is 4. The quantitative estimate of drug-likeness (QED) is 0.842. The van der Waals surface area contributed by atoms with Crippen LogP contribution < -0.4 is 4.90 Å². The summed E-state index contributed by atoms with van der Waals surface area (Å²) in [5.74, 6) is 1.29. The van der Waals surface area contributed by atoms with Crippen molar-refractivity contribution >= 4 is 11.6 Å². The van der Waals surface area contributed by atoms with Crippen molar-refractivity contribution < 1.29 is 4.79 Å². The van der Waals surface area contributed by atoms with Gasteiger partial charge in [0.15, 0.2) is 0 Å². The van der Waals surface area contributed by atoms with Crippen molar-refractivity contribution in [2.45, 2.75) is 58.7 Å². The number of fused-ring (bicyclic) bond motifs is 1. The first-order chi connectivity index (χ1) is 10.5. The van der Waals surface area contributed by atoms with E-state index in [1.807, 2.05) is 18.2 Å². The Balaban J connectivity index is 2.05. The molecule has 2 saturated heterocycles. The molecule has 0 N–H and O–H groups in total. The van der Waals surface area contributed by atoms with Crippen molar-refractivity contribution in [2.24, 2.45) is 11.8 Å². The van der Waals surface area contributed by atoms with Crippen molar-refractivity contribution in [1.82, 2.24) is 4.90 Å². The number of para-hydroxylation sites is 1. The first-order valence-corrected chi connectivity index (χ1v) is 8.63. The van der Waals surface area contributed by atoms with E-state index in [-0.39, 0.29) is 11.7 Å². The van der Waals surface area contributed by atoms with Gasteiger partial charge in [-0.1, -0.05) is 45.9 Å². The van der Waals surface area contributed by atoms with Gasteiger partial charge in [0.2, 0.25) is 5.91 Å². The van der Waals surface area contributed by atoms with E-state index in [4.69, 9.17) is 0 Å². The molecule has 3 nitrogen and oxygen atoms in total. The first kappa shape index (κ1) is 15.5. The SMILES string of the molecule is CC(C)C[C@@]12CCCN1[C@@H](C(C)C)N(c1ccccc1)C2=O. The molecule has 3 heteroatoms. The number of anilines is 1. The predicted octanol–water partition coefficient (Wildman–Crippen LogP) is 3.90. The molecular weight excluding hydrogens is 272 g/mol. The normalized spacial score (nSPS) is 28.9. The Morgan fingerprint density at radius 1 is 1.18 bits per heavy atom. The second-order valence-corrected chi connectivity index (χ2v) is 7.59. The lowest BCUT2D eigenvalue weighted by molar-refractivity contribution is -0.124. The van der Waals surface area contributed by atoms with Crippen LogP contribution in [0.4, 0.5) is 5.69 Å². The third-order valence-corrected chi connectivity index (χ3v) is 5.12. The average Bonchev–Trinajstić information content (AvgIpc) is 2.96. The van der Waals surface area contributed by atoms with Crippen LogP contribution in [0.5, 0.6) is 0 Å². The van der Waals surface area contributed by atoms with Gasteiger partial charge < -0.3 is 0 Å². The monoisotopic (exact) mass is 300 g/mol. The van der Waals surface area contributed by atoms with Crippen molar-refractivity contribution in [3.05, 3.63) is 30.3 Å². The van der Waals surface area contributed by atoms with Crippen LogP contribution in [-0.4, -0.2) is 29.1 Å². The van der Waals surface area contributed by atoms with Crippen molar-refractivity contribution in [3.63, 3.8) is 0 Å². The molecule has 2 heterocycles. The number of nitrogens with zero attached hydrogens (tertiary/aromatic N) is 2. The van der Waals surface area contributed by atoms with E-state index in [1.54, 1.807) is 0 Å². The minimum absolute atomic E-state index is 0.191. The molecule has 0 aliphatic carbocycles. The highest BCUT2D eigenvalue weighted by Gasteiger charge is 2.60. The predicted molar refractivity (Wildman–Crippen MR) is 90.7 cm³/mol. The van der Waals surface area contributed by atoms with Crippen LogP contribution in [0.25, 0.3) is 0 Å². The van der Waals surface area contributed by atoms with Gasteiger partial charge in [0.25, 0.3) is 0 Å². The smallest absolute Gasteiger partial charge is 0.248 e. The van der Waals surface area contributed by atoms with Gasteiger partial charge in [-0.15, -0.1) is 0 Å². The van der Waals surface area contributed by atoms with E-state index in [1.165, 1.54) is 0 Å². The molecule has 2 fully saturated rings. The number of amides is 1. The van der Waals surface area contributed by atoms with E-state index in [2.05, 4.69) is 49.6 Å². The molecule has 0 bridgehead atoms. The standard InChI is InChI=1S/C19H28N2O/c1-14(2)13-19-11-8-12-20(19)17(15(3)4)21(18(19)22)16-9-6-5-7-10-16/h5-7,9-10,14-15,17H,8,11-13H2,1-4H3/t17-,19-/m1/s1. The van der Waals surface area contributed by atoms with E-state index < -0.39 is 0 Å². The van der Waals surface area contributed by atoms with Crippen LogP contribution in [0.3, 0.4) is 0 Å². The first-order valence-electron chi connectivity index (χ1n) is 8.63. The molecule has 22 heavy (non-hydrogen) atoms. The molecule has 0 aromatic heterocycles. The summed E-state index contributed by atoms with van der Waals surface area (Å²) in [5, 5.41) is 0. The minimum Gasteiger partial charge on any atom is -0.294 e. The van der Waals surface area contributed by atoms with Gasteiger partial charge in [0.1, 0.15) is 5.54 Å². The summed E-state index contributed by atoms with van der Waals surface area (Å²) in [7, 11) is 0. The maximum absolute atomic E-state index is 13.4. The summed E-state index contributed by atoms with van der Waals surface area (Å²) in [6.45, 7) is 9.97. The van der Waals surface area contributed by atoms with Gasteiger partial charge >= 0.3 is 0 Å². The van der Waals surface area contributed by atoms with Crippen molar-refractivity contribution in [1.29, 1.82) is 0 Å². The average molecular weight is 300 g/mol. The lowest BCUT2D eigenvalue weighted by atomic mass is 9.86. The molecule has 0 saturated carbocycles. The van der Waals surface area contributed by atoms with Crippen molar-refractivity contribution in [3.8, 4) is 0 Å². The molecule has 3 rings (SSSR count). The number of carbonyl (C=O) groups excluding carboxylic acids is 1. The van der Waals surface area contributed by atoms with Crippen LogP contribution in [0, 0.1) is 11.8 Å². The Kier molecular flexibility index (Phi) is 4.02. The molecule has 0 spiro atoms. The molecule has 2 aliphatic heterocycles. The van der Waals surface area contributed by atoms with Crippen LogP contribution in [-0.2, 0) is 4.79 Å². The van der Waals surface area contributed by atoms with Crippen molar-refractivity contribution in [2.75, 3.05) is 11.4 Å². The topological polar surface area (TPSA) is 23.6 Å². The zero-order valence-corrected chi connectivity index (χ0v) is 14.2. The Labute approximate surface area is 134 Å². The van der Waals surface area contributed by atoms with Gasteiger partial charge in [-0.3, -0.25) is 14.6 Å². The molecule has 0 unspecified atom stereocenters. The maximum Gasteiger partial charge on any atom is 0.248 e. The van der Waals surface area contributed by atoms with Gasteiger partial charge in [-0.2, -0.15) is 0 Å². The van der Waals surface area contributed by atoms with E-state index in [9.17, 15) is 4.79 Å². The minimum atomic E-state index is -0.265. The van der Waals surface area contributed by atoms with Gasteiger partial charge in [0.05, 0.1) is 6.17 Å². The summed E-state index contributed by atoms with van der Waals surface area (Å²) >= 11 is 0. The van der Waals surface area contributed by atoms with Crippen LogP contribution >= 0.6 is 0 Å². The Morgan fingerprint density at radius 3 is 2.45 bits per heavy atom. The molecule has 1 aromatic carbocycles. The highest BCUT2D eigenvalue weighted by atomic mass is 16.2. The Hall–Kier alpha value is -1.35. The molecular formula is C19H28N2O. The second kappa shape index (κ2) is 5.69. The largest absolute Gasteiger partial charge is 0.294 e. The maximum atomic E-state index is 13.4. The molecule has 0 radical (unpaired) electrons. The number of hydrogen-bond acceptors (Lipinski definition) is 2. The lowest BCUT2D eigenvalue weighted by Crippen LogP contribution is -2.47. The third kappa shape index (κ3) is 2.26. The van der Waals surface area contributed by atoms with Crippen LogP contribution in [0.2, 0.25) is 0 Å². The number of hydrogen-bond donors (Lipinski definition) is 0. The highest BCUT2D eigenvalue weighted by Crippen LogP contribution is 2.47. The van der Waals surface area contributed by atoms with E-state index in [0.717, 1.165) is 31.5 Å². The van der Waals surface area contributed by atoms with E-state index >= 15 is 0 Å². The molecule has 120 valence electrons. The lowest BCUT2D eigenvalue weighted by Gasteiger charge is -2.35. The Morgan fingerprint density at radius 2 is 1.86 bits per heavy atom. The molecule has 2 atom stereocenters. The van der Waals surface area contributed by atoms with Gasteiger partial charge in [-0.05, 0) is 43.2 Å². The zero-order chi connectivity index (χ0) is 15.9. The fourth-order valence-electron chi connectivity index (χ4n) is 4.50. The van der Waals surface area contributed by atoms with Gasteiger partial charge in [0, 0.05) is 12.2 Å². The summed E-state index contributed by atoms with van der Waals surface area (Å²) in [5.41, 5.74) is 0.780. The number of carbonyl (C=O) groups is 1. The molecule has 1 aromatic rings. The fraction of sp³-hybridized carbons (Fsp3) is 0.632. The van der Waals surface area contributed by atoms with Crippen LogP contribution in [0.15, 0.2) is 30.3 Å². The Bertz CT molecular complexity index is 540. The van der Waals surface area contributed by atoms with Gasteiger partial charge in [-0.25, -0.2) is 0 Å². The third-order valence-electron chi connectivity index (χ3n) is 5.12. The summed E-state index contributed by atoms with van der Waals surface area (Å²) in [6, 6.07) is 10.2.